The van der Waals surface area contributed by atoms with Gasteiger partial charge in [0.15, 0.2) is 0 Å². The molecule has 4 rings (SSSR count). The van der Waals surface area contributed by atoms with Crippen molar-refractivity contribution in [3.05, 3.63) is 36.4 Å². The zero-order chi connectivity index (χ0) is 17.4. The molecule has 0 saturated heterocycles. The molecule has 1 aliphatic heterocycles. The number of sulfonamides is 1. The Hall–Kier alpha value is -2.08. The molecule has 1 heterocycles. The molecule has 2 aromatic rings. The Balaban J connectivity index is 1.53. The average Bonchev–Trinajstić information content (AvgIpc) is 2.84. The summed E-state index contributed by atoms with van der Waals surface area (Å²) in [6, 6.07) is 10.7. The second-order valence-electron chi connectivity index (χ2n) is 6.95. The van der Waals surface area contributed by atoms with Crippen LogP contribution in [-0.2, 0) is 14.8 Å². The van der Waals surface area contributed by atoms with Gasteiger partial charge in [-0.15, -0.1) is 0 Å². The lowest BCUT2D eigenvalue weighted by Gasteiger charge is -2.23. The standard InChI is InChI=1S/C19H22N2O3S/c22-18(20-12-14-6-2-1-3-7-14)13-21-16-10-4-8-15-9-5-11-17(19(15)16)25(21,23)24/h4-5,8-11,14H,1-3,6-7,12-13H2,(H,20,22). The third-order valence-electron chi connectivity index (χ3n) is 5.28. The van der Waals surface area contributed by atoms with Crippen LogP contribution in [0.1, 0.15) is 32.1 Å². The largest absolute Gasteiger partial charge is 0.354 e. The summed E-state index contributed by atoms with van der Waals surface area (Å²) in [6.07, 6.45) is 6.01. The molecular formula is C19H22N2O3S. The summed E-state index contributed by atoms with van der Waals surface area (Å²) in [7, 11) is -3.66. The lowest BCUT2D eigenvalue weighted by Crippen LogP contribution is -2.40. The van der Waals surface area contributed by atoms with Crippen molar-refractivity contribution in [2.75, 3.05) is 17.4 Å². The van der Waals surface area contributed by atoms with Crippen molar-refractivity contribution in [3.63, 3.8) is 0 Å². The summed E-state index contributed by atoms with van der Waals surface area (Å²) >= 11 is 0. The molecule has 5 nitrogen and oxygen atoms in total. The number of carbonyl (C=O) groups excluding carboxylic acids is 1. The molecule has 0 radical (unpaired) electrons. The predicted octanol–water partition coefficient (Wildman–Crippen LogP) is 3.05. The SMILES string of the molecule is O=C(CN1c2cccc3cccc(c23)S1(=O)=O)NCC1CCCCC1. The van der Waals surface area contributed by atoms with Crippen molar-refractivity contribution >= 4 is 32.4 Å². The maximum atomic E-state index is 12.9. The highest BCUT2D eigenvalue weighted by atomic mass is 32.2. The summed E-state index contributed by atoms with van der Waals surface area (Å²) < 4.78 is 26.9. The van der Waals surface area contributed by atoms with E-state index in [4.69, 9.17) is 0 Å². The lowest BCUT2D eigenvalue weighted by molar-refractivity contribution is -0.119. The number of benzene rings is 2. The number of carbonyl (C=O) groups is 1. The van der Waals surface area contributed by atoms with E-state index in [0.29, 0.717) is 28.4 Å². The highest BCUT2D eigenvalue weighted by Gasteiger charge is 2.36. The number of nitrogens with one attached hydrogen (secondary N) is 1. The Bertz CT molecular complexity index is 912. The number of hydrogen-bond donors (Lipinski definition) is 1. The molecule has 25 heavy (non-hydrogen) atoms. The summed E-state index contributed by atoms with van der Waals surface area (Å²) in [5.74, 6) is 0.285. The molecule has 0 spiro atoms. The lowest BCUT2D eigenvalue weighted by atomic mass is 9.89. The molecule has 0 aromatic heterocycles. The van der Waals surface area contributed by atoms with Gasteiger partial charge in [-0.25, -0.2) is 8.42 Å². The van der Waals surface area contributed by atoms with E-state index in [1.807, 2.05) is 18.2 Å². The molecule has 132 valence electrons. The molecule has 1 saturated carbocycles. The van der Waals surface area contributed by atoms with Gasteiger partial charge in [0.25, 0.3) is 10.0 Å². The van der Waals surface area contributed by atoms with E-state index < -0.39 is 10.0 Å². The van der Waals surface area contributed by atoms with Crippen LogP contribution in [0, 0.1) is 5.92 Å². The maximum Gasteiger partial charge on any atom is 0.265 e. The molecule has 2 aromatic carbocycles. The van der Waals surface area contributed by atoms with Crippen LogP contribution in [0.4, 0.5) is 5.69 Å². The van der Waals surface area contributed by atoms with Gasteiger partial charge in [0.1, 0.15) is 6.54 Å². The average molecular weight is 358 g/mol. The molecule has 6 heteroatoms. The number of amides is 1. The predicted molar refractivity (Wildman–Crippen MR) is 98.1 cm³/mol. The van der Waals surface area contributed by atoms with Gasteiger partial charge in [0.2, 0.25) is 5.91 Å². The maximum absolute atomic E-state index is 12.9. The van der Waals surface area contributed by atoms with Gasteiger partial charge in [-0.05, 0) is 36.3 Å². The summed E-state index contributed by atoms with van der Waals surface area (Å²) in [5.41, 5.74) is 0.598. The first-order chi connectivity index (χ1) is 12.1. The summed E-state index contributed by atoms with van der Waals surface area (Å²) in [6.45, 7) is 0.479. The number of hydrogen-bond acceptors (Lipinski definition) is 3. The van der Waals surface area contributed by atoms with Gasteiger partial charge in [-0.1, -0.05) is 43.5 Å². The van der Waals surface area contributed by atoms with Crippen molar-refractivity contribution in [1.29, 1.82) is 0 Å². The van der Waals surface area contributed by atoms with E-state index in [9.17, 15) is 13.2 Å². The number of rotatable bonds is 4. The number of anilines is 1. The van der Waals surface area contributed by atoms with Crippen molar-refractivity contribution in [1.82, 2.24) is 5.32 Å². The Morgan fingerprint density at radius 2 is 1.80 bits per heavy atom. The molecular weight excluding hydrogens is 336 g/mol. The fourth-order valence-electron chi connectivity index (χ4n) is 3.96. The molecule has 1 N–H and O–H groups in total. The van der Waals surface area contributed by atoms with Crippen LogP contribution >= 0.6 is 0 Å². The Morgan fingerprint density at radius 1 is 1.08 bits per heavy atom. The Labute approximate surface area is 148 Å². The molecule has 1 fully saturated rings. The normalized spacial score (nSPS) is 19.3. The van der Waals surface area contributed by atoms with Crippen LogP contribution in [-0.4, -0.2) is 27.4 Å². The summed E-state index contributed by atoms with van der Waals surface area (Å²) in [5, 5.41) is 4.52. The first kappa shape index (κ1) is 16.4. The Morgan fingerprint density at radius 3 is 2.56 bits per heavy atom. The van der Waals surface area contributed by atoms with Crippen molar-refractivity contribution in [3.8, 4) is 0 Å². The minimum Gasteiger partial charge on any atom is -0.354 e. The molecule has 0 atom stereocenters. The van der Waals surface area contributed by atoms with E-state index in [-0.39, 0.29) is 12.5 Å². The first-order valence-electron chi connectivity index (χ1n) is 8.88. The van der Waals surface area contributed by atoms with E-state index >= 15 is 0 Å². The van der Waals surface area contributed by atoms with Gasteiger partial charge >= 0.3 is 0 Å². The van der Waals surface area contributed by atoms with Crippen LogP contribution in [0.25, 0.3) is 10.8 Å². The zero-order valence-corrected chi connectivity index (χ0v) is 14.9. The monoisotopic (exact) mass is 358 g/mol. The van der Waals surface area contributed by atoms with Gasteiger partial charge < -0.3 is 5.32 Å². The van der Waals surface area contributed by atoms with Crippen LogP contribution in [0.15, 0.2) is 41.3 Å². The zero-order valence-electron chi connectivity index (χ0n) is 14.1. The van der Waals surface area contributed by atoms with Crippen molar-refractivity contribution in [2.24, 2.45) is 5.92 Å². The second-order valence-corrected chi connectivity index (χ2v) is 8.78. The van der Waals surface area contributed by atoms with E-state index in [1.54, 1.807) is 18.2 Å². The van der Waals surface area contributed by atoms with E-state index in [2.05, 4.69) is 5.32 Å². The second kappa shape index (κ2) is 6.33. The van der Waals surface area contributed by atoms with Crippen LogP contribution in [0.3, 0.4) is 0 Å². The number of nitrogens with zero attached hydrogens (tertiary/aromatic N) is 1. The molecule has 2 aliphatic rings. The van der Waals surface area contributed by atoms with Gasteiger partial charge in [0, 0.05) is 11.9 Å². The fourth-order valence-corrected chi connectivity index (χ4v) is 5.63. The minimum absolute atomic E-state index is 0.164. The molecule has 0 unspecified atom stereocenters. The van der Waals surface area contributed by atoms with Crippen molar-refractivity contribution in [2.45, 2.75) is 37.0 Å². The third-order valence-corrected chi connectivity index (χ3v) is 7.08. The van der Waals surface area contributed by atoms with E-state index in [0.717, 1.165) is 18.2 Å². The van der Waals surface area contributed by atoms with Crippen LogP contribution in [0.2, 0.25) is 0 Å². The van der Waals surface area contributed by atoms with Crippen molar-refractivity contribution < 1.29 is 13.2 Å². The minimum atomic E-state index is -3.66. The Kier molecular flexibility index (Phi) is 4.15. The first-order valence-corrected chi connectivity index (χ1v) is 10.3. The molecule has 1 aliphatic carbocycles. The fraction of sp³-hybridized carbons (Fsp3) is 0.421. The smallest absolute Gasteiger partial charge is 0.265 e. The molecule has 0 bridgehead atoms. The summed E-state index contributed by atoms with van der Waals surface area (Å²) in [4.78, 5) is 12.7. The van der Waals surface area contributed by atoms with Crippen LogP contribution in [0.5, 0.6) is 0 Å². The third kappa shape index (κ3) is 2.88. The van der Waals surface area contributed by atoms with Gasteiger partial charge in [0.05, 0.1) is 10.6 Å². The van der Waals surface area contributed by atoms with Gasteiger partial charge in [-0.3, -0.25) is 9.10 Å². The molecule has 1 amide bonds. The van der Waals surface area contributed by atoms with E-state index in [1.165, 1.54) is 23.6 Å². The quantitative estimate of drug-likeness (QED) is 0.913. The van der Waals surface area contributed by atoms with Gasteiger partial charge in [-0.2, -0.15) is 0 Å². The highest BCUT2D eigenvalue weighted by Crippen LogP contribution is 2.41. The van der Waals surface area contributed by atoms with Crippen LogP contribution < -0.4 is 9.62 Å². The topological polar surface area (TPSA) is 66.5 Å². The highest BCUT2D eigenvalue weighted by molar-refractivity contribution is 7.93.